The van der Waals surface area contributed by atoms with Gasteiger partial charge in [-0.15, -0.1) is 0 Å². The molecule has 0 bridgehead atoms. The predicted octanol–water partition coefficient (Wildman–Crippen LogP) is 1.71. The van der Waals surface area contributed by atoms with Crippen molar-refractivity contribution in [3.8, 4) is 0 Å². The number of aromatic nitrogens is 1. The van der Waals surface area contributed by atoms with E-state index >= 15 is 0 Å². The van der Waals surface area contributed by atoms with Crippen LogP contribution in [0.5, 0.6) is 0 Å². The molecular weight excluding hydrogens is 254 g/mol. The molecule has 0 aromatic carbocycles. The molecule has 0 saturated heterocycles. The zero-order valence-corrected chi connectivity index (χ0v) is 12.0. The van der Waals surface area contributed by atoms with E-state index in [0.717, 1.165) is 32.1 Å². The molecule has 3 N–H and O–H groups in total. The van der Waals surface area contributed by atoms with Crippen LogP contribution in [0.15, 0.2) is 23.1 Å². The lowest BCUT2D eigenvalue weighted by Crippen LogP contribution is -2.38. The quantitative estimate of drug-likeness (QED) is 0.826. The summed E-state index contributed by atoms with van der Waals surface area (Å²) in [6.07, 6.45) is 6.75. The molecule has 5 heteroatoms. The van der Waals surface area contributed by atoms with Crippen molar-refractivity contribution in [3.63, 3.8) is 0 Å². The number of aryl methyl sites for hydroxylation is 1. The molecule has 1 aliphatic carbocycles. The SMILES string of the molecule is CCn1cc(NC(=O)C2CCCCCC2N)ccc1=O. The Morgan fingerprint density at radius 1 is 1.35 bits per heavy atom. The smallest absolute Gasteiger partial charge is 0.250 e. The number of rotatable bonds is 3. The fourth-order valence-electron chi connectivity index (χ4n) is 2.75. The number of anilines is 1. The number of carbonyl (C=O) groups excluding carboxylic acids is 1. The summed E-state index contributed by atoms with van der Waals surface area (Å²) in [5.74, 6) is -0.153. The van der Waals surface area contributed by atoms with Crippen molar-refractivity contribution in [2.75, 3.05) is 5.32 Å². The number of nitrogens with one attached hydrogen (secondary N) is 1. The Hall–Kier alpha value is -1.62. The van der Waals surface area contributed by atoms with Crippen molar-refractivity contribution >= 4 is 11.6 Å². The van der Waals surface area contributed by atoms with Gasteiger partial charge in [-0.25, -0.2) is 0 Å². The lowest BCUT2D eigenvalue weighted by molar-refractivity contribution is -0.120. The molecule has 5 nitrogen and oxygen atoms in total. The molecule has 0 radical (unpaired) electrons. The topological polar surface area (TPSA) is 77.1 Å². The molecule has 1 aromatic rings. The highest BCUT2D eigenvalue weighted by Crippen LogP contribution is 2.23. The number of hydrogen-bond donors (Lipinski definition) is 2. The third kappa shape index (κ3) is 3.48. The van der Waals surface area contributed by atoms with E-state index in [1.807, 2.05) is 6.92 Å². The predicted molar refractivity (Wildman–Crippen MR) is 79.6 cm³/mol. The van der Waals surface area contributed by atoms with Gasteiger partial charge in [0.2, 0.25) is 5.91 Å². The second kappa shape index (κ2) is 6.70. The lowest BCUT2D eigenvalue weighted by atomic mass is 9.94. The number of amides is 1. The van der Waals surface area contributed by atoms with E-state index in [0.29, 0.717) is 12.2 Å². The van der Waals surface area contributed by atoms with E-state index in [1.165, 1.54) is 6.07 Å². The Morgan fingerprint density at radius 3 is 2.85 bits per heavy atom. The molecule has 20 heavy (non-hydrogen) atoms. The van der Waals surface area contributed by atoms with Gasteiger partial charge in [-0.3, -0.25) is 9.59 Å². The van der Waals surface area contributed by atoms with Gasteiger partial charge >= 0.3 is 0 Å². The van der Waals surface area contributed by atoms with E-state index in [4.69, 9.17) is 5.73 Å². The highest BCUT2D eigenvalue weighted by molar-refractivity contribution is 5.92. The average Bonchev–Trinajstić information content (AvgIpc) is 2.65. The summed E-state index contributed by atoms with van der Waals surface area (Å²) < 4.78 is 1.57. The first-order valence-corrected chi connectivity index (χ1v) is 7.38. The zero-order chi connectivity index (χ0) is 14.5. The minimum Gasteiger partial charge on any atom is -0.327 e. The van der Waals surface area contributed by atoms with Crippen LogP contribution in [0.3, 0.4) is 0 Å². The normalized spacial score (nSPS) is 23.1. The molecule has 0 spiro atoms. The number of nitrogens with zero attached hydrogens (tertiary/aromatic N) is 1. The van der Waals surface area contributed by atoms with Crippen LogP contribution in [0.4, 0.5) is 5.69 Å². The highest BCUT2D eigenvalue weighted by Gasteiger charge is 2.27. The third-order valence-electron chi connectivity index (χ3n) is 4.00. The standard InChI is InChI=1S/C15H23N3O2/c1-2-18-10-11(8-9-14(18)19)17-15(20)12-6-4-3-5-7-13(12)16/h8-10,12-13H,2-7,16H2,1H3,(H,17,20). The summed E-state index contributed by atoms with van der Waals surface area (Å²) in [4.78, 5) is 23.9. The number of nitrogens with two attached hydrogens (primary N) is 1. The van der Waals surface area contributed by atoms with Gasteiger partial charge in [0.15, 0.2) is 0 Å². The molecular formula is C15H23N3O2. The molecule has 1 aliphatic rings. The minimum atomic E-state index is -0.125. The molecule has 110 valence electrons. The van der Waals surface area contributed by atoms with E-state index in [-0.39, 0.29) is 23.4 Å². The largest absolute Gasteiger partial charge is 0.327 e. The lowest BCUT2D eigenvalue weighted by Gasteiger charge is -2.20. The van der Waals surface area contributed by atoms with Gasteiger partial charge in [-0.1, -0.05) is 19.3 Å². The number of carbonyl (C=O) groups is 1. The Bertz CT molecular complexity index is 524. The number of hydrogen-bond acceptors (Lipinski definition) is 3. The van der Waals surface area contributed by atoms with Crippen LogP contribution >= 0.6 is 0 Å². The summed E-state index contributed by atoms with van der Waals surface area (Å²) in [6, 6.07) is 3.07. The maximum absolute atomic E-state index is 12.3. The second-order valence-corrected chi connectivity index (χ2v) is 5.44. The van der Waals surface area contributed by atoms with Crippen LogP contribution in [0.25, 0.3) is 0 Å². The molecule has 1 aromatic heterocycles. The molecule has 0 aliphatic heterocycles. The Kier molecular flexibility index (Phi) is 4.95. The Morgan fingerprint density at radius 2 is 2.10 bits per heavy atom. The average molecular weight is 277 g/mol. The van der Waals surface area contributed by atoms with E-state index in [2.05, 4.69) is 5.32 Å². The van der Waals surface area contributed by atoms with Crippen molar-refractivity contribution in [1.82, 2.24) is 4.57 Å². The zero-order valence-electron chi connectivity index (χ0n) is 12.0. The monoisotopic (exact) mass is 277 g/mol. The van der Waals surface area contributed by atoms with Gasteiger partial charge < -0.3 is 15.6 Å². The molecule has 1 amide bonds. The fraction of sp³-hybridized carbons (Fsp3) is 0.600. The first-order valence-electron chi connectivity index (χ1n) is 7.38. The van der Waals surface area contributed by atoms with Crippen molar-refractivity contribution in [3.05, 3.63) is 28.7 Å². The summed E-state index contributed by atoms with van der Waals surface area (Å²) >= 11 is 0. The van der Waals surface area contributed by atoms with Crippen LogP contribution in [-0.4, -0.2) is 16.5 Å². The maximum Gasteiger partial charge on any atom is 0.250 e. The molecule has 1 heterocycles. The molecule has 1 fully saturated rings. The first kappa shape index (κ1) is 14.8. The second-order valence-electron chi connectivity index (χ2n) is 5.44. The van der Waals surface area contributed by atoms with Crippen LogP contribution < -0.4 is 16.6 Å². The molecule has 2 rings (SSSR count). The van der Waals surface area contributed by atoms with Crippen LogP contribution in [0.1, 0.15) is 39.0 Å². The molecule has 2 atom stereocenters. The van der Waals surface area contributed by atoms with Crippen molar-refractivity contribution in [1.29, 1.82) is 0 Å². The Balaban J connectivity index is 2.08. The van der Waals surface area contributed by atoms with Gasteiger partial charge in [0, 0.05) is 24.8 Å². The van der Waals surface area contributed by atoms with Crippen molar-refractivity contribution in [2.24, 2.45) is 11.7 Å². The minimum absolute atomic E-state index is 0.0271. The van der Waals surface area contributed by atoms with Crippen LogP contribution in [0, 0.1) is 5.92 Å². The fourth-order valence-corrected chi connectivity index (χ4v) is 2.75. The maximum atomic E-state index is 12.3. The highest BCUT2D eigenvalue weighted by atomic mass is 16.2. The molecule has 2 unspecified atom stereocenters. The Labute approximate surface area is 119 Å². The summed E-state index contributed by atoms with van der Waals surface area (Å²) in [5.41, 5.74) is 6.70. The van der Waals surface area contributed by atoms with Gasteiger partial charge in [0.25, 0.3) is 5.56 Å². The van der Waals surface area contributed by atoms with Gasteiger partial charge in [-0.2, -0.15) is 0 Å². The molecule has 1 saturated carbocycles. The third-order valence-corrected chi connectivity index (χ3v) is 4.00. The number of pyridine rings is 1. The summed E-state index contributed by atoms with van der Waals surface area (Å²) in [5, 5.41) is 2.89. The van der Waals surface area contributed by atoms with E-state index in [1.54, 1.807) is 16.8 Å². The van der Waals surface area contributed by atoms with E-state index in [9.17, 15) is 9.59 Å². The van der Waals surface area contributed by atoms with Gasteiger partial charge in [-0.05, 0) is 25.8 Å². The van der Waals surface area contributed by atoms with Gasteiger partial charge in [0.05, 0.1) is 11.6 Å². The van der Waals surface area contributed by atoms with Crippen LogP contribution in [-0.2, 0) is 11.3 Å². The van der Waals surface area contributed by atoms with Crippen molar-refractivity contribution in [2.45, 2.75) is 51.6 Å². The summed E-state index contributed by atoms with van der Waals surface area (Å²) in [7, 11) is 0. The summed E-state index contributed by atoms with van der Waals surface area (Å²) in [6.45, 7) is 2.49. The first-order chi connectivity index (χ1) is 9.61. The van der Waals surface area contributed by atoms with Gasteiger partial charge in [0.1, 0.15) is 0 Å². The van der Waals surface area contributed by atoms with Crippen LogP contribution in [0.2, 0.25) is 0 Å². The van der Waals surface area contributed by atoms with Crippen molar-refractivity contribution < 1.29 is 4.79 Å². The van der Waals surface area contributed by atoms with E-state index < -0.39 is 0 Å².